The Balaban J connectivity index is 0.000000322. The van der Waals surface area contributed by atoms with Crippen LogP contribution in [0.4, 0.5) is 11.6 Å². The monoisotopic (exact) mass is 672 g/mol. The molecule has 1 aliphatic carbocycles. The Morgan fingerprint density at radius 3 is 1.42 bits per heavy atom. The van der Waals surface area contributed by atoms with E-state index in [-0.39, 0.29) is 39.9 Å². The fourth-order valence-corrected chi connectivity index (χ4v) is 7.18. The summed E-state index contributed by atoms with van der Waals surface area (Å²) in [7, 11) is -7.08. The Kier molecular flexibility index (Phi) is 11.9. The molecule has 2 aromatic rings. The van der Waals surface area contributed by atoms with Gasteiger partial charge in [-0.25, -0.2) is 16.8 Å². The highest BCUT2D eigenvalue weighted by molar-refractivity contribution is 7.93. The van der Waals surface area contributed by atoms with Crippen LogP contribution in [0, 0.1) is 5.92 Å². The highest BCUT2D eigenvalue weighted by Gasteiger charge is 2.43. The van der Waals surface area contributed by atoms with Crippen molar-refractivity contribution in [2.24, 2.45) is 5.92 Å². The maximum absolute atomic E-state index is 12.8. The topological polar surface area (TPSA) is 179 Å². The van der Waals surface area contributed by atoms with Crippen molar-refractivity contribution in [3.63, 3.8) is 0 Å². The molecule has 0 radical (unpaired) electrons. The minimum absolute atomic E-state index is 0.0689. The Labute approximate surface area is 268 Å². The number of amides is 2. The summed E-state index contributed by atoms with van der Waals surface area (Å²) in [5.74, 6) is 0.652. The van der Waals surface area contributed by atoms with E-state index in [1.165, 1.54) is 41.0 Å². The average Bonchev–Trinajstić information content (AvgIpc) is 3.59. The Morgan fingerprint density at radius 1 is 0.711 bits per heavy atom. The SMILES string of the molecule is CC(C)(C)c1cc(NC(=O)C(C)(C)S(=O)(=O)CC2CCCCC2)no1.CCS(=O)(=O)C(C)(C)C(=O)Nc1cc(C(C)(C)C)on1. The third kappa shape index (κ3) is 9.63. The van der Waals surface area contributed by atoms with Crippen LogP contribution >= 0.6 is 0 Å². The van der Waals surface area contributed by atoms with Crippen molar-refractivity contribution in [3.8, 4) is 0 Å². The smallest absolute Gasteiger partial charge is 0.246 e. The third-order valence-corrected chi connectivity index (χ3v) is 13.3. The third-order valence-electron chi connectivity index (χ3n) is 8.19. The highest BCUT2D eigenvalue weighted by Crippen LogP contribution is 2.30. The first-order valence-corrected chi connectivity index (χ1v) is 18.7. The van der Waals surface area contributed by atoms with Crippen molar-refractivity contribution in [2.45, 2.75) is 129 Å². The molecule has 2 heterocycles. The molecule has 1 saturated carbocycles. The molecule has 0 saturated heterocycles. The number of anilines is 2. The van der Waals surface area contributed by atoms with Gasteiger partial charge < -0.3 is 19.7 Å². The van der Waals surface area contributed by atoms with Gasteiger partial charge in [0.1, 0.15) is 21.0 Å². The van der Waals surface area contributed by atoms with Crippen LogP contribution in [0.15, 0.2) is 21.2 Å². The Morgan fingerprint density at radius 2 is 1.09 bits per heavy atom. The average molecular weight is 673 g/mol. The fraction of sp³-hybridized carbons (Fsp3) is 0.742. The maximum atomic E-state index is 12.8. The first kappa shape index (κ1) is 38.4. The van der Waals surface area contributed by atoms with E-state index in [0.717, 1.165) is 25.7 Å². The second-order valence-electron chi connectivity index (χ2n) is 14.8. The lowest BCUT2D eigenvalue weighted by Crippen LogP contribution is -2.46. The molecule has 1 aliphatic rings. The van der Waals surface area contributed by atoms with E-state index < -0.39 is 41.0 Å². The Bertz CT molecular complexity index is 1530. The van der Waals surface area contributed by atoms with Gasteiger partial charge in [-0.05, 0) is 46.5 Å². The molecule has 2 amide bonds. The summed E-state index contributed by atoms with van der Waals surface area (Å²) >= 11 is 0. The molecule has 0 atom stereocenters. The van der Waals surface area contributed by atoms with Crippen molar-refractivity contribution < 1.29 is 35.5 Å². The predicted molar refractivity (Wildman–Crippen MR) is 176 cm³/mol. The van der Waals surface area contributed by atoms with Crippen molar-refractivity contribution in [1.29, 1.82) is 0 Å². The normalized spacial score (nSPS) is 15.6. The number of aromatic nitrogens is 2. The van der Waals surface area contributed by atoms with E-state index in [4.69, 9.17) is 9.05 Å². The summed E-state index contributed by atoms with van der Waals surface area (Å²) in [6, 6.07) is 3.24. The van der Waals surface area contributed by atoms with Crippen LogP contribution in [0.1, 0.15) is 120 Å². The molecule has 3 rings (SSSR count). The second-order valence-corrected chi connectivity index (χ2v) is 20.2. The largest absolute Gasteiger partial charge is 0.359 e. The van der Waals surface area contributed by atoms with Gasteiger partial charge in [-0.3, -0.25) is 9.59 Å². The first-order chi connectivity index (χ1) is 20.3. The second kappa shape index (κ2) is 13.9. The lowest BCUT2D eigenvalue weighted by Gasteiger charge is -2.28. The molecule has 1 fully saturated rings. The van der Waals surface area contributed by atoms with Gasteiger partial charge in [0.25, 0.3) is 0 Å². The molecule has 256 valence electrons. The van der Waals surface area contributed by atoms with E-state index in [1.807, 2.05) is 41.5 Å². The molecule has 12 nitrogen and oxygen atoms in total. The lowest BCUT2D eigenvalue weighted by atomic mass is 9.91. The van der Waals surface area contributed by atoms with Crippen LogP contribution in [0.25, 0.3) is 0 Å². The van der Waals surface area contributed by atoms with E-state index in [0.29, 0.717) is 11.5 Å². The molecule has 0 unspecified atom stereocenters. The zero-order valence-corrected chi connectivity index (χ0v) is 30.3. The molecular formula is C31H52N4O8S2. The van der Waals surface area contributed by atoms with E-state index in [2.05, 4.69) is 20.9 Å². The van der Waals surface area contributed by atoms with Crippen molar-refractivity contribution in [3.05, 3.63) is 23.7 Å². The minimum atomic E-state index is -3.57. The van der Waals surface area contributed by atoms with E-state index in [9.17, 15) is 26.4 Å². The molecule has 2 N–H and O–H groups in total. The van der Waals surface area contributed by atoms with Crippen molar-refractivity contribution >= 4 is 43.1 Å². The predicted octanol–water partition coefficient (Wildman–Crippen LogP) is 5.81. The van der Waals surface area contributed by atoms with Crippen LogP contribution < -0.4 is 10.6 Å². The van der Waals surface area contributed by atoms with Crippen molar-refractivity contribution in [1.82, 2.24) is 10.3 Å². The highest BCUT2D eigenvalue weighted by atomic mass is 32.2. The standard InChI is InChI=1S/C18H30N2O4S.C13H22N2O4S/c1-17(2,3)14-11-15(20-24-14)19-16(21)18(4,5)25(22,23)12-13-9-7-6-8-10-13;1-7-20(17,18)13(5,6)11(16)14-10-8-9(19-15-10)12(2,3)4/h11,13H,6-10,12H2,1-5H3,(H,19,20,21);8H,7H2,1-6H3,(H,14,15,16). The van der Waals surface area contributed by atoms with Crippen LogP contribution in [0.2, 0.25) is 0 Å². The van der Waals surface area contributed by atoms with Crippen LogP contribution in [-0.4, -0.2) is 60.0 Å². The minimum Gasteiger partial charge on any atom is -0.359 e. The molecule has 0 bridgehead atoms. The number of carbonyl (C=O) groups is 2. The summed E-state index contributed by atoms with van der Waals surface area (Å²) in [6.45, 7) is 19.0. The number of sulfone groups is 2. The van der Waals surface area contributed by atoms with Crippen LogP contribution in [0.5, 0.6) is 0 Å². The molecule has 0 aliphatic heterocycles. The molecule has 2 aromatic heterocycles. The lowest BCUT2D eigenvalue weighted by molar-refractivity contribution is -0.118. The number of nitrogens with one attached hydrogen (secondary N) is 2. The Hall–Kier alpha value is -2.74. The number of hydrogen-bond acceptors (Lipinski definition) is 10. The van der Waals surface area contributed by atoms with Gasteiger partial charge in [0.15, 0.2) is 31.3 Å². The molecule has 0 aromatic carbocycles. The number of rotatable bonds is 9. The molecule has 0 spiro atoms. The van der Waals surface area contributed by atoms with Gasteiger partial charge in [-0.15, -0.1) is 0 Å². The summed E-state index contributed by atoms with van der Waals surface area (Å²) in [5.41, 5.74) is -0.473. The maximum Gasteiger partial charge on any atom is 0.246 e. The van der Waals surface area contributed by atoms with Gasteiger partial charge in [-0.2, -0.15) is 0 Å². The summed E-state index contributed by atoms with van der Waals surface area (Å²) < 4.78 is 56.8. The van der Waals surface area contributed by atoms with Crippen molar-refractivity contribution in [2.75, 3.05) is 22.1 Å². The van der Waals surface area contributed by atoms with Gasteiger partial charge >= 0.3 is 0 Å². The molecular weight excluding hydrogens is 620 g/mol. The van der Waals surface area contributed by atoms with Gasteiger partial charge in [-0.1, -0.05) is 78.0 Å². The van der Waals surface area contributed by atoms with E-state index in [1.54, 1.807) is 12.1 Å². The van der Waals surface area contributed by atoms with Crippen LogP contribution in [-0.2, 0) is 40.1 Å². The quantitative estimate of drug-likeness (QED) is 0.330. The zero-order valence-electron chi connectivity index (χ0n) is 28.7. The summed E-state index contributed by atoms with van der Waals surface area (Å²) in [6.07, 6.45) is 5.16. The number of nitrogens with zero attached hydrogens (tertiary/aromatic N) is 2. The summed E-state index contributed by atoms with van der Waals surface area (Å²) in [5, 5.41) is 12.7. The zero-order chi connectivity index (χ0) is 34.6. The van der Waals surface area contributed by atoms with Crippen LogP contribution in [0.3, 0.4) is 0 Å². The van der Waals surface area contributed by atoms with Gasteiger partial charge in [0.05, 0.1) is 5.75 Å². The first-order valence-electron chi connectivity index (χ1n) is 15.4. The number of carbonyl (C=O) groups excluding carboxylic acids is 2. The fourth-order valence-electron chi connectivity index (χ4n) is 4.42. The molecule has 45 heavy (non-hydrogen) atoms. The number of hydrogen-bond donors (Lipinski definition) is 2. The summed E-state index contributed by atoms with van der Waals surface area (Å²) in [4.78, 5) is 24.7. The van der Waals surface area contributed by atoms with E-state index >= 15 is 0 Å². The molecule has 14 heteroatoms. The van der Waals surface area contributed by atoms with Gasteiger partial charge in [0.2, 0.25) is 11.8 Å². The van der Waals surface area contributed by atoms with Gasteiger partial charge in [0, 0.05) is 28.7 Å².